The number of amides is 1. The van der Waals surface area contributed by atoms with Crippen LogP contribution in [-0.4, -0.2) is 28.9 Å². The lowest BCUT2D eigenvalue weighted by Crippen LogP contribution is -2.36. The Balaban J connectivity index is 2.22. The van der Waals surface area contributed by atoms with Crippen molar-refractivity contribution in [3.63, 3.8) is 0 Å². The summed E-state index contributed by atoms with van der Waals surface area (Å²) >= 11 is 7.78. The summed E-state index contributed by atoms with van der Waals surface area (Å²) in [6.07, 6.45) is 4.30. The average Bonchev–Trinajstić information content (AvgIpc) is 2.47. The van der Waals surface area contributed by atoms with Gasteiger partial charge < -0.3 is 11.1 Å². The topological polar surface area (TPSA) is 68.0 Å². The average molecular weight is 310 g/mol. The first kappa shape index (κ1) is 15.1. The minimum absolute atomic E-state index is 0.201. The number of nitrogens with one attached hydrogen (secondary N) is 1. The van der Waals surface area contributed by atoms with Crippen LogP contribution in [0.4, 0.5) is 5.69 Å². The fourth-order valence-electron chi connectivity index (χ4n) is 1.84. The molecule has 0 aliphatic heterocycles. The third-order valence-electron chi connectivity index (χ3n) is 2.94. The SMILES string of the molecule is CSCC[C@@H](N)C(=O)Nc1ccc(Cl)c2cccnc12. The highest BCUT2D eigenvalue weighted by molar-refractivity contribution is 7.98. The van der Waals surface area contributed by atoms with Gasteiger partial charge in [-0.25, -0.2) is 0 Å². The Hall–Kier alpha value is -1.30. The Labute approximate surface area is 127 Å². The second-order valence-electron chi connectivity index (χ2n) is 4.37. The lowest BCUT2D eigenvalue weighted by molar-refractivity contribution is -0.117. The van der Waals surface area contributed by atoms with Crippen LogP contribution in [0.1, 0.15) is 6.42 Å². The van der Waals surface area contributed by atoms with E-state index in [-0.39, 0.29) is 5.91 Å². The third kappa shape index (κ3) is 3.42. The molecule has 0 fully saturated rings. The number of carbonyl (C=O) groups is 1. The van der Waals surface area contributed by atoms with Crippen LogP contribution in [0.2, 0.25) is 5.02 Å². The fourth-order valence-corrected chi connectivity index (χ4v) is 2.55. The highest BCUT2D eigenvalue weighted by Gasteiger charge is 2.15. The number of aromatic nitrogens is 1. The minimum Gasteiger partial charge on any atom is -0.323 e. The summed E-state index contributed by atoms with van der Waals surface area (Å²) < 4.78 is 0. The second kappa shape index (κ2) is 6.92. The number of thioether (sulfide) groups is 1. The summed E-state index contributed by atoms with van der Waals surface area (Å²) in [5, 5.41) is 4.25. The van der Waals surface area contributed by atoms with E-state index in [0.717, 1.165) is 11.1 Å². The van der Waals surface area contributed by atoms with Crippen LogP contribution in [0.15, 0.2) is 30.5 Å². The molecule has 1 atom stereocenters. The van der Waals surface area contributed by atoms with E-state index in [1.165, 1.54) is 0 Å². The summed E-state index contributed by atoms with van der Waals surface area (Å²) in [5.41, 5.74) is 7.16. The lowest BCUT2D eigenvalue weighted by atomic mass is 10.1. The van der Waals surface area contributed by atoms with Crippen molar-refractivity contribution in [2.24, 2.45) is 5.73 Å². The van der Waals surface area contributed by atoms with E-state index < -0.39 is 6.04 Å². The first-order chi connectivity index (χ1) is 9.63. The molecule has 2 aromatic rings. The van der Waals surface area contributed by atoms with Gasteiger partial charge in [0.25, 0.3) is 0 Å². The molecule has 0 bridgehead atoms. The summed E-state index contributed by atoms with van der Waals surface area (Å²) in [5.74, 6) is 0.655. The number of anilines is 1. The smallest absolute Gasteiger partial charge is 0.241 e. The van der Waals surface area contributed by atoms with Crippen molar-refractivity contribution in [2.45, 2.75) is 12.5 Å². The number of fused-ring (bicyclic) bond motifs is 1. The fraction of sp³-hybridized carbons (Fsp3) is 0.286. The zero-order valence-electron chi connectivity index (χ0n) is 11.1. The minimum atomic E-state index is -0.517. The molecule has 106 valence electrons. The first-order valence-corrected chi connectivity index (χ1v) is 7.99. The Morgan fingerprint density at radius 2 is 2.30 bits per heavy atom. The van der Waals surface area contributed by atoms with Crippen molar-refractivity contribution in [3.05, 3.63) is 35.5 Å². The highest BCUT2D eigenvalue weighted by Crippen LogP contribution is 2.28. The van der Waals surface area contributed by atoms with Crippen molar-refractivity contribution in [1.29, 1.82) is 0 Å². The Morgan fingerprint density at radius 1 is 1.50 bits per heavy atom. The van der Waals surface area contributed by atoms with Crippen molar-refractivity contribution >= 4 is 45.9 Å². The molecule has 1 heterocycles. The predicted molar refractivity (Wildman–Crippen MR) is 86.4 cm³/mol. The molecule has 3 N–H and O–H groups in total. The number of pyridine rings is 1. The number of nitrogens with zero attached hydrogens (tertiary/aromatic N) is 1. The maximum Gasteiger partial charge on any atom is 0.241 e. The van der Waals surface area contributed by atoms with Crippen LogP contribution in [0, 0.1) is 0 Å². The highest BCUT2D eigenvalue weighted by atomic mass is 35.5. The second-order valence-corrected chi connectivity index (χ2v) is 5.76. The summed E-state index contributed by atoms with van der Waals surface area (Å²) in [6, 6.07) is 6.65. The Bertz CT molecular complexity index is 620. The summed E-state index contributed by atoms with van der Waals surface area (Å²) in [4.78, 5) is 16.3. The number of hydrogen-bond acceptors (Lipinski definition) is 4. The molecule has 1 aromatic carbocycles. The molecule has 0 unspecified atom stereocenters. The van der Waals surface area contributed by atoms with E-state index in [0.29, 0.717) is 22.6 Å². The Kier molecular flexibility index (Phi) is 5.23. The van der Waals surface area contributed by atoms with Crippen LogP contribution < -0.4 is 11.1 Å². The van der Waals surface area contributed by atoms with E-state index in [1.54, 1.807) is 30.1 Å². The van der Waals surface area contributed by atoms with Crippen LogP contribution >= 0.6 is 23.4 Å². The van der Waals surface area contributed by atoms with Gasteiger partial charge in [-0.05, 0) is 42.7 Å². The zero-order chi connectivity index (χ0) is 14.5. The Morgan fingerprint density at radius 3 is 3.05 bits per heavy atom. The van der Waals surface area contributed by atoms with Gasteiger partial charge in [0.1, 0.15) is 0 Å². The molecule has 1 aromatic heterocycles. The molecule has 0 aliphatic rings. The third-order valence-corrected chi connectivity index (χ3v) is 3.92. The van der Waals surface area contributed by atoms with Gasteiger partial charge in [0, 0.05) is 11.6 Å². The molecular weight excluding hydrogens is 294 g/mol. The summed E-state index contributed by atoms with van der Waals surface area (Å²) in [7, 11) is 0. The van der Waals surface area contributed by atoms with Gasteiger partial charge >= 0.3 is 0 Å². The molecule has 0 saturated carbocycles. The predicted octanol–water partition coefficient (Wildman–Crippen LogP) is 2.91. The quantitative estimate of drug-likeness (QED) is 0.891. The molecule has 0 spiro atoms. The number of rotatable bonds is 5. The molecule has 0 radical (unpaired) electrons. The van der Waals surface area contributed by atoms with Gasteiger partial charge in [-0.1, -0.05) is 11.6 Å². The number of halogens is 1. The van der Waals surface area contributed by atoms with Gasteiger partial charge in [0.15, 0.2) is 0 Å². The number of benzene rings is 1. The van der Waals surface area contributed by atoms with Crippen molar-refractivity contribution in [3.8, 4) is 0 Å². The van der Waals surface area contributed by atoms with Gasteiger partial charge in [-0.3, -0.25) is 9.78 Å². The lowest BCUT2D eigenvalue weighted by Gasteiger charge is -2.13. The van der Waals surface area contributed by atoms with E-state index in [9.17, 15) is 4.79 Å². The molecule has 0 aliphatic carbocycles. The number of carbonyl (C=O) groups excluding carboxylic acids is 1. The van der Waals surface area contributed by atoms with Crippen molar-refractivity contribution in [1.82, 2.24) is 4.98 Å². The van der Waals surface area contributed by atoms with Gasteiger partial charge in [0.2, 0.25) is 5.91 Å². The van der Waals surface area contributed by atoms with E-state index in [2.05, 4.69) is 10.3 Å². The van der Waals surface area contributed by atoms with Crippen LogP contribution in [0.3, 0.4) is 0 Å². The maximum absolute atomic E-state index is 12.0. The molecule has 20 heavy (non-hydrogen) atoms. The molecule has 2 rings (SSSR count). The molecule has 0 saturated heterocycles. The standard InChI is InChI=1S/C14H16ClN3OS/c1-20-8-6-11(16)14(19)18-12-5-4-10(15)9-3-2-7-17-13(9)12/h2-5,7,11H,6,8,16H2,1H3,(H,18,19)/t11-/m1/s1. The van der Waals surface area contributed by atoms with Gasteiger partial charge in [-0.2, -0.15) is 11.8 Å². The molecule has 6 heteroatoms. The van der Waals surface area contributed by atoms with Gasteiger partial charge in [-0.15, -0.1) is 0 Å². The van der Waals surface area contributed by atoms with Crippen LogP contribution in [0.25, 0.3) is 10.9 Å². The van der Waals surface area contributed by atoms with Crippen LogP contribution in [0.5, 0.6) is 0 Å². The molecular formula is C14H16ClN3OS. The van der Waals surface area contributed by atoms with Crippen molar-refractivity contribution in [2.75, 3.05) is 17.3 Å². The van der Waals surface area contributed by atoms with E-state index in [1.807, 2.05) is 18.4 Å². The first-order valence-electron chi connectivity index (χ1n) is 6.22. The number of hydrogen-bond donors (Lipinski definition) is 2. The van der Waals surface area contributed by atoms with Gasteiger partial charge in [0.05, 0.1) is 22.3 Å². The molecule has 1 amide bonds. The zero-order valence-corrected chi connectivity index (χ0v) is 12.7. The molecule has 4 nitrogen and oxygen atoms in total. The largest absolute Gasteiger partial charge is 0.323 e. The maximum atomic E-state index is 12.0. The normalized spacial score (nSPS) is 12.3. The summed E-state index contributed by atoms with van der Waals surface area (Å²) in [6.45, 7) is 0. The number of nitrogens with two attached hydrogens (primary N) is 1. The van der Waals surface area contributed by atoms with E-state index in [4.69, 9.17) is 17.3 Å². The van der Waals surface area contributed by atoms with E-state index >= 15 is 0 Å². The van der Waals surface area contributed by atoms with Crippen LogP contribution in [-0.2, 0) is 4.79 Å². The van der Waals surface area contributed by atoms with Crippen molar-refractivity contribution < 1.29 is 4.79 Å². The monoisotopic (exact) mass is 309 g/mol.